The van der Waals surface area contributed by atoms with Crippen molar-refractivity contribution in [2.24, 2.45) is 0 Å². The van der Waals surface area contributed by atoms with Crippen LogP contribution in [0.25, 0.3) is 11.1 Å². The van der Waals surface area contributed by atoms with E-state index in [0.29, 0.717) is 54.9 Å². The van der Waals surface area contributed by atoms with Crippen molar-refractivity contribution in [3.8, 4) is 5.75 Å². The monoisotopic (exact) mass is 494 g/mol. The largest absolute Gasteiger partial charge is 0.482 e. The standard InChI is InChI=1S/C22H14Cl4N2O3/c23-13-3-6-19(16(25)8-13)30-11-20(29)27-15-4-1-12(2-5-15)7-21-28-18-10-14(24)9-17(26)22(18)31-21/h1-6,8-10H,7,11H2,(H,27,29). The average molecular weight is 496 g/mol. The van der Waals surface area contributed by atoms with Crippen LogP contribution in [0.15, 0.2) is 59.0 Å². The van der Waals surface area contributed by atoms with Gasteiger partial charge in [-0.3, -0.25) is 4.79 Å². The number of nitrogens with one attached hydrogen (secondary N) is 1. The number of benzene rings is 3. The third-order valence-electron chi connectivity index (χ3n) is 4.30. The van der Waals surface area contributed by atoms with Crippen LogP contribution in [0.4, 0.5) is 5.69 Å². The predicted molar refractivity (Wildman–Crippen MR) is 124 cm³/mol. The molecular formula is C22H14Cl4N2O3. The lowest BCUT2D eigenvalue weighted by Crippen LogP contribution is -2.20. The highest BCUT2D eigenvalue weighted by Crippen LogP contribution is 2.29. The summed E-state index contributed by atoms with van der Waals surface area (Å²) in [5, 5.41) is 4.52. The molecule has 0 fully saturated rings. The highest BCUT2D eigenvalue weighted by atomic mass is 35.5. The van der Waals surface area contributed by atoms with Crippen molar-refractivity contribution in [3.63, 3.8) is 0 Å². The van der Waals surface area contributed by atoms with Crippen LogP contribution in [0, 0.1) is 0 Å². The van der Waals surface area contributed by atoms with Gasteiger partial charge in [0.05, 0.1) is 10.0 Å². The van der Waals surface area contributed by atoms with Gasteiger partial charge in [0.2, 0.25) is 0 Å². The van der Waals surface area contributed by atoms with Crippen molar-refractivity contribution < 1.29 is 13.9 Å². The molecule has 3 aromatic carbocycles. The fourth-order valence-corrected chi connectivity index (χ4v) is 3.88. The number of amides is 1. The number of fused-ring (bicyclic) bond motifs is 1. The molecule has 0 radical (unpaired) electrons. The van der Waals surface area contributed by atoms with Gasteiger partial charge in [-0.1, -0.05) is 58.5 Å². The number of aromatic nitrogens is 1. The van der Waals surface area contributed by atoms with Crippen LogP contribution in [-0.2, 0) is 11.2 Å². The molecule has 0 saturated carbocycles. The molecule has 0 bridgehead atoms. The van der Waals surface area contributed by atoms with E-state index < -0.39 is 0 Å². The number of carbonyl (C=O) groups is 1. The summed E-state index contributed by atoms with van der Waals surface area (Å²) in [7, 11) is 0. The lowest BCUT2D eigenvalue weighted by molar-refractivity contribution is -0.118. The van der Waals surface area contributed by atoms with Gasteiger partial charge in [-0.2, -0.15) is 0 Å². The zero-order valence-electron chi connectivity index (χ0n) is 15.8. The normalized spacial score (nSPS) is 11.0. The van der Waals surface area contributed by atoms with E-state index in [1.165, 1.54) is 0 Å². The minimum Gasteiger partial charge on any atom is -0.482 e. The van der Waals surface area contributed by atoms with E-state index >= 15 is 0 Å². The Balaban J connectivity index is 1.35. The van der Waals surface area contributed by atoms with E-state index in [9.17, 15) is 4.79 Å². The molecule has 0 atom stereocenters. The Labute approximate surface area is 197 Å². The molecule has 4 rings (SSSR count). The molecule has 9 heteroatoms. The number of hydrogen-bond acceptors (Lipinski definition) is 4. The lowest BCUT2D eigenvalue weighted by atomic mass is 10.1. The van der Waals surface area contributed by atoms with Crippen LogP contribution in [0.3, 0.4) is 0 Å². The van der Waals surface area contributed by atoms with Gasteiger partial charge in [0.1, 0.15) is 11.3 Å². The number of oxazole rings is 1. The molecule has 0 aliphatic carbocycles. The third kappa shape index (κ3) is 5.43. The molecule has 0 unspecified atom stereocenters. The molecule has 1 amide bonds. The van der Waals surface area contributed by atoms with Crippen molar-refractivity contribution >= 4 is 69.1 Å². The lowest BCUT2D eigenvalue weighted by Gasteiger charge is -2.09. The van der Waals surface area contributed by atoms with Gasteiger partial charge in [-0.15, -0.1) is 0 Å². The number of nitrogens with zero attached hydrogens (tertiary/aromatic N) is 1. The summed E-state index contributed by atoms with van der Waals surface area (Å²) in [6, 6.07) is 15.4. The summed E-state index contributed by atoms with van der Waals surface area (Å²) in [6.45, 7) is -0.185. The molecule has 1 heterocycles. The molecule has 0 aliphatic heterocycles. The number of rotatable bonds is 6. The number of hydrogen-bond donors (Lipinski definition) is 1. The van der Waals surface area contributed by atoms with Gasteiger partial charge in [0.15, 0.2) is 18.1 Å². The van der Waals surface area contributed by atoms with Crippen molar-refractivity contribution in [2.45, 2.75) is 6.42 Å². The highest BCUT2D eigenvalue weighted by molar-refractivity contribution is 6.38. The van der Waals surface area contributed by atoms with Crippen LogP contribution < -0.4 is 10.1 Å². The van der Waals surface area contributed by atoms with Crippen LogP contribution in [0.2, 0.25) is 20.1 Å². The van der Waals surface area contributed by atoms with Gasteiger partial charge in [0.25, 0.3) is 5.91 Å². The quantitative estimate of drug-likeness (QED) is 0.311. The molecule has 0 spiro atoms. The van der Waals surface area contributed by atoms with Gasteiger partial charge in [0, 0.05) is 22.2 Å². The molecule has 5 nitrogen and oxygen atoms in total. The Morgan fingerprint density at radius 2 is 1.68 bits per heavy atom. The van der Waals surface area contributed by atoms with Crippen LogP contribution in [0.5, 0.6) is 5.75 Å². The second kappa shape index (κ2) is 9.37. The molecule has 1 N–H and O–H groups in total. The van der Waals surface area contributed by atoms with Gasteiger partial charge in [-0.05, 0) is 48.0 Å². The summed E-state index contributed by atoms with van der Waals surface area (Å²) in [6.07, 6.45) is 0.467. The maximum absolute atomic E-state index is 12.1. The molecule has 158 valence electrons. The molecule has 1 aromatic heterocycles. The average Bonchev–Trinajstić information content (AvgIpc) is 3.11. The first-order valence-electron chi connectivity index (χ1n) is 9.08. The van der Waals surface area contributed by atoms with E-state index in [1.54, 1.807) is 42.5 Å². The van der Waals surface area contributed by atoms with Crippen LogP contribution in [0.1, 0.15) is 11.5 Å². The second-order valence-electron chi connectivity index (χ2n) is 6.63. The zero-order valence-corrected chi connectivity index (χ0v) is 18.8. The molecular weight excluding hydrogens is 482 g/mol. The molecule has 0 saturated heterocycles. The Hall–Kier alpha value is -2.44. The summed E-state index contributed by atoms with van der Waals surface area (Å²) >= 11 is 24.0. The number of halogens is 4. The number of carbonyl (C=O) groups excluding carboxylic acids is 1. The summed E-state index contributed by atoms with van der Waals surface area (Å²) in [5.41, 5.74) is 2.70. The first kappa shape index (κ1) is 21.8. The van der Waals surface area contributed by atoms with E-state index in [4.69, 9.17) is 55.6 Å². The smallest absolute Gasteiger partial charge is 0.262 e. The Morgan fingerprint density at radius 1 is 0.935 bits per heavy atom. The minimum atomic E-state index is -0.316. The topological polar surface area (TPSA) is 64.4 Å². The fraction of sp³-hybridized carbons (Fsp3) is 0.0909. The first-order valence-corrected chi connectivity index (χ1v) is 10.6. The predicted octanol–water partition coefficient (Wildman–Crippen LogP) is 7.05. The van der Waals surface area contributed by atoms with Crippen molar-refractivity contribution in [3.05, 3.63) is 86.1 Å². The second-order valence-corrected chi connectivity index (χ2v) is 8.32. The van der Waals surface area contributed by atoms with Gasteiger partial charge in [-0.25, -0.2) is 4.98 Å². The first-order chi connectivity index (χ1) is 14.9. The SMILES string of the molecule is O=C(COc1ccc(Cl)cc1Cl)Nc1ccc(Cc2nc3cc(Cl)cc(Cl)c3o2)cc1. The molecule has 4 aromatic rings. The number of anilines is 1. The minimum absolute atomic E-state index is 0.185. The summed E-state index contributed by atoms with van der Waals surface area (Å²) in [4.78, 5) is 16.6. The van der Waals surface area contributed by atoms with Crippen molar-refractivity contribution in [1.29, 1.82) is 0 Å². The molecule has 31 heavy (non-hydrogen) atoms. The maximum atomic E-state index is 12.1. The summed E-state index contributed by atoms with van der Waals surface area (Å²) in [5.74, 6) is 0.588. The zero-order chi connectivity index (χ0) is 22.0. The van der Waals surface area contributed by atoms with Crippen LogP contribution >= 0.6 is 46.4 Å². The van der Waals surface area contributed by atoms with Crippen LogP contribution in [-0.4, -0.2) is 17.5 Å². The summed E-state index contributed by atoms with van der Waals surface area (Å²) < 4.78 is 11.2. The maximum Gasteiger partial charge on any atom is 0.262 e. The third-order valence-corrected chi connectivity index (χ3v) is 5.33. The Kier molecular flexibility index (Phi) is 6.58. The van der Waals surface area contributed by atoms with E-state index in [-0.39, 0.29) is 12.5 Å². The van der Waals surface area contributed by atoms with E-state index in [1.807, 2.05) is 12.1 Å². The van der Waals surface area contributed by atoms with E-state index in [2.05, 4.69) is 10.3 Å². The molecule has 0 aliphatic rings. The van der Waals surface area contributed by atoms with Crippen molar-refractivity contribution in [2.75, 3.05) is 11.9 Å². The van der Waals surface area contributed by atoms with Gasteiger partial charge < -0.3 is 14.5 Å². The van der Waals surface area contributed by atoms with E-state index in [0.717, 1.165) is 5.56 Å². The Bertz CT molecular complexity index is 1260. The van der Waals surface area contributed by atoms with Crippen molar-refractivity contribution in [1.82, 2.24) is 4.98 Å². The highest BCUT2D eigenvalue weighted by Gasteiger charge is 2.12. The Morgan fingerprint density at radius 3 is 2.42 bits per heavy atom. The number of ether oxygens (including phenoxy) is 1. The van der Waals surface area contributed by atoms with Gasteiger partial charge >= 0.3 is 0 Å². The fourth-order valence-electron chi connectivity index (χ4n) is 2.89.